The fourth-order valence-corrected chi connectivity index (χ4v) is 6.16. The van der Waals surface area contributed by atoms with Crippen LogP contribution >= 0.6 is 0 Å². The second kappa shape index (κ2) is 8.50. The van der Waals surface area contributed by atoms with Crippen LogP contribution in [0.2, 0.25) is 0 Å². The van der Waals surface area contributed by atoms with Crippen LogP contribution in [0.25, 0.3) is 0 Å². The first-order valence-electron chi connectivity index (χ1n) is 11.5. The number of aliphatic carboxylic acids is 1. The molecular weight excluding hydrogens is 373 g/mol. The van der Waals surface area contributed by atoms with E-state index in [1.165, 1.54) is 0 Å². The highest BCUT2D eigenvalue weighted by Crippen LogP contribution is 2.40. The van der Waals surface area contributed by atoms with Crippen molar-refractivity contribution in [2.75, 3.05) is 6.54 Å². The quantitative estimate of drug-likeness (QED) is 0.539. The summed E-state index contributed by atoms with van der Waals surface area (Å²) in [5.74, 6) is 0.588. The van der Waals surface area contributed by atoms with Crippen molar-refractivity contribution >= 4 is 11.9 Å². The van der Waals surface area contributed by atoms with Crippen LogP contribution in [0.4, 0.5) is 4.39 Å². The molecule has 0 aromatic carbocycles. The lowest BCUT2D eigenvalue weighted by atomic mass is 9.77. The standard InChI is InChI=1S/C22H36FN3O3/c1-11-3-6-16(23)15-9-17(25-19(11)15)22(29)26-21(14-4-5-14)20-12(2)7-13(10-24-20)8-18(27)28/h11-17,19-21,24-25H,3-10H2,1-2H3,(H,26,29)(H,27,28). The third kappa shape index (κ3) is 4.61. The van der Waals surface area contributed by atoms with Gasteiger partial charge in [0.05, 0.1) is 6.04 Å². The highest BCUT2D eigenvalue weighted by atomic mass is 19.1. The number of rotatable bonds is 6. The van der Waals surface area contributed by atoms with Crippen LogP contribution in [-0.2, 0) is 9.59 Å². The fourth-order valence-electron chi connectivity index (χ4n) is 6.16. The molecule has 29 heavy (non-hydrogen) atoms. The highest BCUT2D eigenvalue weighted by molar-refractivity contribution is 5.82. The molecule has 4 fully saturated rings. The summed E-state index contributed by atoms with van der Waals surface area (Å²) in [7, 11) is 0. The van der Waals surface area contributed by atoms with Crippen molar-refractivity contribution in [2.24, 2.45) is 29.6 Å². The van der Waals surface area contributed by atoms with Crippen LogP contribution in [0.15, 0.2) is 0 Å². The van der Waals surface area contributed by atoms with E-state index >= 15 is 0 Å². The van der Waals surface area contributed by atoms with Crippen LogP contribution in [0.3, 0.4) is 0 Å². The van der Waals surface area contributed by atoms with E-state index < -0.39 is 12.1 Å². The number of piperidine rings is 1. The predicted molar refractivity (Wildman–Crippen MR) is 108 cm³/mol. The van der Waals surface area contributed by atoms with Gasteiger partial charge in [0, 0.05) is 30.5 Å². The second-order valence-electron chi connectivity index (χ2n) is 10.2. The zero-order valence-electron chi connectivity index (χ0n) is 17.6. The van der Waals surface area contributed by atoms with Crippen molar-refractivity contribution in [3.05, 3.63) is 0 Å². The largest absolute Gasteiger partial charge is 0.481 e. The van der Waals surface area contributed by atoms with E-state index in [1.54, 1.807) is 0 Å². The first-order chi connectivity index (χ1) is 13.8. The molecule has 0 aromatic rings. The summed E-state index contributed by atoms with van der Waals surface area (Å²) in [6.45, 7) is 5.00. The number of nitrogens with one attached hydrogen (secondary N) is 3. The SMILES string of the molecule is CC1CCC(F)C2CC(C(=O)NC(C3CC3)C3NCC(CC(=O)O)CC3C)NC12. The molecule has 2 aliphatic heterocycles. The Morgan fingerprint density at radius 3 is 2.52 bits per heavy atom. The van der Waals surface area contributed by atoms with Gasteiger partial charge in [-0.3, -0.25) is 9.59 Å². The van der Waals surface area contributed by atoms with Gasteiger partial charge in [-0.05, 0) is 68.7 Å². The molecule has 6 nitrogen and oxygen atoms in total. The lowest BCUT2D eigenvalue weighted by Crippen LogP contribution is -2.60. The molecule has 7 heteroatoms. The van der Waals surface area contributed by atoms with Gasteiger partial charge < -0.3 is 21.1 Å². The molecule has 1 amide bonds. The fraction of sp³-hybridized carbons (Fsp3) is 0.909. The first-order valence-corrected chi connectivity index (χ1v) is 11.5. The zero-order chi connectivity index (χ0) is 20.7. The maximum absolute atomic E-state index is 14.4. The van der Waals surface area contributed by atoms with E-state index in [9.17, 15) is 14.0 Å². The first kappa shape index (κ1) is 21.0. The number of carbonyl (C=O) groups is 2. The molecule has 0 spiro atoms. The third-order valence-corrected chi connectivity index (χ3v) is 7.90. The number of carbonyl (C=O) groups excluding carboxylic acids is 1. The van der Waals surface area contributed by atoms with E-state index in [0.29, 0.717) is 37.1 Å². The molecule has 164 valence electrons. The smallest absolute Gasteiger partial charge is 0.303 e. The molecule has 4 N–H and O–H groups in total. The monoisotopic (exact) mass is 409 g/mol. The Balaban J connectivity index is 1.37. The van der Waals surface area contributed by atoms with Gasteiger partial charge in [0.1, 0.15) is 6.17 Å². The minimum absolute atomic E-state index is 0.0114. The Kier molecular flexibility index (Phi) is 6.17. The van der Waals surface area contributed by atoms with Gasteiger partial charge in [0.25, 0.3) is 0 Å². The predicted octanol–water partition coefficient (Wildman–Crippen LogP) is 2.08. The minimum atomic E-state index is -0.799. The number of carboxylic acid groups (broad SMARTS) is 1. The highest BCUT2D eigenvalue weighted by Gasteiger charge is 2.48. The molecular formula is C22H36FN3O3. The number of alkyl halides is 1. The van der Waals surface area contributed by atoms with E-state index in [1.807, 2.05) is 0 Å². The van der Waals surface area contributed by atoms with Crippen LogP contribution < -0.4 is 16.0 Å². The normalized spacial score (nSPS) is 43.4. The average Bonchev–Trinajstić information content (AvgIpc) is 3.39. The number of hydrogen-bond donors (Lipinski definition) is 4. The molecule has 2 saturated carbocycles. The van der Waals surface area contributed by atoms with Crippen molar-refractivity contribution in [3.8, 4) is 0 Å². The Labute approximate surface area is 172 Å². The minimum Gasteiger partial charge on any atom is -0.481 e. The maximum Gasteiger partial charge on any atom is 0.303 e. The molecule has 0 radical (unpaired) electrons. The number of fused-ring (bicyclic) bond motifs is 1. The Morgan fingerprint density at radius 2 is 1.90 bits per heavy atom. The number of halogens is 1. The Hall–Kier alpha value is -1.21. The van der Waals surface area contributed by atoms with Crippen LogP contribution in [-0.4, -0.2) is 53.9 Å². The van der Waals surface area contributed by atoms with E-state index in [0.717, 1.165) is 25.7 Å². The Bertz CT molecular complexity index is 610. The molecule has 4 rings (SSSR count). The molecule has 2 heterocycles. The summed E-state index contributed by atoms with van der Waals surface area (Å²) < 4.78 is 14.4. The number of carboxylic acids is 1. The van der Waals surface area contributed by atoms with Gasteiger partial charge in [-0.25, -0.2) is 4.39 Å². The van der Waals surface area contributed by atoms with Gasteiger partial charge in [0.2, 0.25) is 5.91 Å². The topological polar surface area (TPSA) is 90.5 Å². The zero-order valence-corrected chi connectivity index (χ0v) is 17.6. The summed E-state index contributed by atoms with van der Waals surface area (Å²) in [6, 6.07) is 0.0559. The molecule has 0 aromatic heterocycles. The summed E-state index contributed by atoms with van der Waals surface area (Å²) in [4.78, 5) is 24.1. The third-order valence-electron chi connectivity index (χ3n) is 7.90. The summed E-state index contributed by atoms with van der Waals surface area (Å²) in [6.07, 6.45) is 4.61. The van der Waals surface area contributed by atoms with Gasteiger partial charge in [-0.15, -0.1) is 0 Å². The van der Waals surface area contributed by atoms with Gasteiger partial charge in [-0.2, -0.15) is 0 Å². The second-order valence-corrected chi connectivity index (χ2v) is 10.2. The van der Waals surface area contributed by atoms with Crippen molar-refractivity contribution < 1.29 is 19.1 Å². The van der Waals surface area contributed by atoms with Crippen molar-refractivity contribution in [1.29, 1.82) is 0 Å². The molecule has 0 bridgehead atoms. The maximum atomic E-state index is 14.4. The van der Waals surface area contributed by atoms with Gasteiger partial charge in [0.15, 0.2) is 0 Å². The van der Waals surface area contributed by atoms with E-state index in [4.69, 9.17) is 5.11 Å². The molecule has 2 aliphatic carbocycles. The summed E-state index contributed by atoms with van der Waals surface area (Å²) in [5, 5.41) is 19.4. The lowest BCUT2D eigenvalue weighted by molar-refractivity contribution is -0.138. The molecule has 9 unspecified atom stereocenters. The van der Waals surface area contributed by atoms with Crippen molar-refractivity contribution in [2.45, 2.75) is 89.1 Å². The van der Waals surface area contributed by atoms with Crippen molar-refractivity contribution in [3.63, 3.8) is 0 Å². The number of hydrogen-bond acceptors (Lipinski definition) is 4. The van der Waals surface area contributed by atoms with Gasteiger partial charge >= 0.3 is 5.97 Å². The molecule has 2 saturated heterocycles. The van der Waals surface area contributed by atoms with E-state index in [2.05, 4.69) is 29.8 Å². The Morgan fingerprint density at radius 1 is 1.14 bits per heavy atom. The van der Waals surface area contributed by atoms with Crippen molar-refractivity contribution in [1.82, 2.24) is 16.0 Å². The summed E-state index contributed by atoms with van der Waals surface area (Å²) >= 11 is 0. The molecule has 4 aliphatic rings. The van der Waals surface area contributed by atoms with E-state index in [-0.39, 0.29) is 48.3 Å². The summed E-state index contributed by atoms with van der Waals surface area (Å²) in [5.41, 5.74) is 0. The molecule has 9 atom stereocenters. The number of amides is 1. The van der Waals surface area contributed by atoms with Crippen LogP contribution in [0, 0.1) is 29.6 Å². The van der Waals surface area contributed by atoms with Crippen LogP contribution in [0.5, 0.6) is 0 Å². The lowest BCUT2D eigenvalue weighted by Gasteiger charge is -2.40. The van der Waals surface area contributed by atoms with Crippen LogP contribution in [0.1, 0.15) is 58.8 Å². The average molecular weight is 410 g/mol. The van der Waals surface area contributed by atoms with Gasteiger partial charge in [-0.1, -0.05) is 13.8 Å².